The summed E-state index contributed by atoms with van der Waals surface area (Å²) in [5.41, 5.74) is 0. The molecule has 0 atom stereocenters. The van der Waals surface area contributed by atoms with Crippen LogP contribution in [0, 0.1) is 0 Å². The monoisotopic (exact) mass is 333 g/mol. The third-order valence-corrected chi connectivity index (χ3v) is 4.28. The Kier molecular flexibility index (Phi) is 4.84. The van der Waals surface area contributed by atoms with Crippen LogP contribution in [0.15, 0.2) is 6.33 Å². The molecule has 2 aromatic rings. The molecule has 0 aliphatic heterocycles. The highest BCUT2D eigenvalue weighted by Crippen LogP contribution is 2.35. The Morgan fingerprint density at radius 3 is 2.83 bits per heavy atom. The van der Waals surface area contributed by atoms with Crippen molar-refractivity contribution in [2.24, 2.45) is 7.05 Å². The van der Waals surface area contributed by atoms with E-state index in [4.69, 9.17) is 0 Å². The van der Waals surface area contributed by atoms with Crippen LogP contribution in [0.3, 0.4) is 0 Å². The van der Waals surface area contributed by atoms with E-state index in [1.165, 1.54) is 6.33 Å². The number of tetrazole rings is 1. The predicted octanol–water partition coefficient (Wildman–Crippen LogP) is -0.684. The van der Waals surface area contributed by atoms with E-state index in [0.717, 1.165) is 31.0 Å². The standard InChI is InChI=1S/C14H23N9O/c1-21(2)8-12-17-18-14(22(12)3)10-6-11(7-10)16-13(24)4-5-23-9-15-19-20-23/h9-11H,4-8H2,1-3H3,(H,16,24). The highest BCUT2D eigenvalue weighted by molar-refractivity contribution is 5.76. The average Bonchev–Trinajstić information content (AvgIpc) is 3.12. The summed E-state index contributed by atoms with van der Waals surface area (Å²) >= 11 is 0. The maximum absolute atomic E-state index is 11.9. The van der Waals surface area contributed by atoms with Gasteiger partial charge in [-0.05, 0) is 37.4 Å². The molecule has 0 bridgehead atoms. The highest BCUT2D eigenvalue weighted by atomic mass is 16.1. The molecule has 0 unspecified atom stereocenters. The minimum absolute atomic E-state index is 0.0280. The van der Waals surface area contributed by atoms with Gasteiger partial charge in [0.15, 0.2) is 0 Å². The number of hydrogen-bond donors (Lipinski definition) is 1. The first-order valence-electron chi connectivity index (χ1n) is 8.06. The number of aryl methyl sites for hydroxylation is 1. The van der Waals surface area contributed by atoms with E-state index >= 15 is 0 Å². The number of amides is 1. The van der Waals surface area contributed by atoms with Crippen LogP contribution in [0.25, 0.3) is 0 Å². The molecule has 1 aliphatic rings. The number of rotatable bonds is 7. The lowest BCUT2D eigenvalue weighted by atomic mass is 9.79. The van der Waals surface area contributed by atoms with Crippen molar-refractivity contribution >= 4 is 5.91 Å². The van der Waals surface area contributed by atoms with Crippen molar-refractivity contribution in [3.8, 4) is 0 Å². The third kappa shape index (κ3) is 3.75. The Labute approximate surface area is 140 Å². The quantitative estimate of drug-likeness (QED) is 0.715. The second-order valence-corrected chi connectivity index (χ2v) is 6.53. The smallest absolute Gasteiger partial charge is 0.222 e. The van der Waals surface area contributed by atoms with Crippen LogP contribution in [0.4, 0.5) is 0 Å². The van der Waals surface area contributed by atoms with Crippen LogP contribution >= 0.6 is 0 Å². The van der Waals surface area contributed by atoms with Gasteiger partial charge in [-0.15, -0.1) is 15.3 Å². The molecule has 1 saturated carbocycles. The van der Waals surface area contributed by atoms with E-state index in [-0.39, 0.29) is 11.9 Å². The average molecular weight is 333 g/mol. The molecule has 0 aromatic carbocycles. The van der Waals surface area contributed by atoms with Crippen molar-refractivity contribution in [3.05, 3.63) is 18.0 Å². The van der Waals surface area contributed by atoms with E-state index in [0.29, 0.717) is 18.9 Å². The van der Waals surface area contributed by atoms with E-state index < -0.39 is 0 Å². The molecule has 0 radical (unpaired) electrons. The van der Waals surface area contributed by atoms with Crippen molar-refractivity contribution < 1.29 is 4.79 Å². The first-order chi connectivity index (χ1) is 11.5. The van der Waals surface area contributed by atoms with Crippen LogP contribution in [0.5, 0.6) is 0 Å². The number of carbonyl (C=O) groups is 1. The van der Waals surface area contributed by atoms with Gasteiger partial charge >= 0.3 is 0 Å². The maximum Gasteiger partial charge on any atom is 0.222 e. The van der Waals surface area contributed by atoms with Gasteiger partial charge in [-0.1, -0.05) is 0 Å². The Morgan fingerprint density at radius 2 is 2.17 bits per heavy atom. The van der Waals surface area contributed by atoms with Gasteiger partial charge in [0.25, 0.3) is 0 Å². The fraction of sp³-hybridized carbons (Fsp3) is 0.714. The van der Waals surface area contributed by atoms with Crippen LogP contribution in [0.1, 0.15) is 36.8 Å². The third-order valence-electron chi connectivity index (χ3n) is 4.28. The second kappa shape index (κ2) is 7.04. The van der Waals surface area contributed by atoms with Gasteiger partial charge in [0, 0.05) is 25.4 Å². The summed E-state index contributed by atoms with van der Waals surface area (Å²) in [4.78, 5) is 14.0. The molecule has 2 aromatic heterocycles. The maximum atomic E-state index is 11.9. The molecular formula is C14H23N9O. The minimum atomic E-state index is 0.0280. The summed E-state index contributed by atoms with van der Waals surface area (Å²) in [5.74, 6) is 2.36. The van der Waals surface area contributed by atoms with Crippen molar-refractivity contribution in [1.29, 1.82) is 0 Å². The van der Waals surface area contributed by atoms with E-state index in [2.05, 4.69) is 40.5 Å². The minimum Gasteiger partial charge on any atom is -0.353 e. The first-order valence-corrected chi connectivity index (χ1v) is 8.06. The number of nitrogens with zero attached hydrogens (tertiary/aromatic N) is 8. The van der Waals surface area contributed by atoms with Crippen molar-refractivity contribution in [3.63, 3.8) is 0 Å². The van der Waals surface area contributed by atoms with Gasteiger partial charge in [0.2, 0.25) is 5.91 Å². The van der Waals surface area contributed by atoms with E-state index in [1.807, 2.05) is 21.1 Å². The molecule has 1 N–H and O–H groups in total. The summed E-state index contributed by atoms with van der Waals surface area (Å²) in [6.45, 7) is 1.26. The summed E-state index contributed by atoms with van der Waals surface area (Å²) < 4.78 is 3.62. The van der Waals surface area contributed by atoms with Crippen molar-refractivity contribution in [2.75, 3.05) is 14.1 Å². The number of carbonyl (C=O) groups excluding carboxylic acids is 1. The number of hydrogen-bond acceptors (Lipinski definition) is 7. The van der Waals surface area contributed by atoms with Crippen LogP contribution in [-0.2, 0) is 24.9 Å². The van der Waals surface area contributed by atoms with Crippen LogP contribution < -0.4 is 5.32 Å². The highest BCUT2D eigenvalue weighted by Gasteiger charge is 2.34. The van der Waals surface area contributed by atoms with Gasteiger partial charge in [-0.25, -0.2) is 4.68 Å². The Bertz CT molecular complexity index is 672. The zero-order valence-corrected chi connectivity index (χ0v) is 14.3. The molecule has 3 rings (SSSR count). The molecule has 24 heavy (non-hydrogen) atoms. The largest absolute Gasteiger partial charge is 0.353 e. The predicted molar refractivity (Wildman–Crippen MR) is 84.7 cm³/mol. The molecule has 10 heteroatoms. The summed E-state index contributed by atoms with van der Waals surface area (Å²) in [5, 5.41) is 22.5. The summed E-state index contributed by atoms with van der Waals surface area (Å²) in [6, 6.07) is 0.213. The molecule has 10 nitrogen and oxygen atoms in total. The Hall–Kier alpha value is -2.36. The topological polar surface area (TPSA) is 107 Å². The fourth-order valence-electron chi connectivity index (χ4n) is 2.90. The molecular weight excluding hydrogens is 310 g/mol. The molecule has 0 saturated heterocycles. The van der Waals surface area contributed by atoms with Crippen molar-refractivity contribution in [1.82, 2.24) is 45.2 Å². The first kappa shape index (κ1) is 16.5. The van der Waals surface area contributed by atoms with Gasteiger partial charge in [0.1, 0.15) is 18.0 Å². The lowest BCUT2D eigenvalue weighted by Gasteiger charge is -2.35. The van der Waals surface area contributed by atoms with Gasteiger partial charge in [-0.3, -0.25) is 4.79 Å². The Morgan fingerprint density at radius 1 is 1.38 bits per heavy atom. The summed E-state index contributed by atoms with van der Waals surface area (Å²) in [7, 11) is 6.03. The second-order valence-electron chi connectivity index (χ2n) is 6.53. The molecule has 1 aliphatic carbocycles. The number of nitrogens with one attached hydrogen (secondary N) is 1. The van der Waals surface area contributed by atoms with Gasteiger partial charge in [0.05, 0.1) is 13.1 Å². The molecule has 1 fully saturated rings. The number of aromatic nitrogens is 7. The zero-order chi connectivity index (χ0) is 17.1. The van der Waals surface area contributed by atoms with Crippen LogP contribution in [0.2, 0.25) is 0 Å². The summed E-state index contributed by atoms with van der Waals surface area (Å²) in [6.07, 6.45) is 3.70. The molecule has 2 heterocycles. The molecule has 0 spiro atoms. The normalized spacial score (nSPS) is 20.2. The Balaban J connectivity index is 1.44. The molecule has 130 valence electrons. The fourth-order valence-corrected chi connectivity index (χ4v) is 2.90. The van der Waals surface area contributed by atoms with Gasteiger partial charge < -0.3 is 14.8 Å². The van der Waals surface area contributed by atoms with Gasteiger partial charge in [-0.2, -0.15) is 0 Å². The SMILES string of the molecule is CN(C)Cc1nnc(C2CC(NC(=O)CCn3cnnn3)C2)n1C. The molecule has 1 amide bonds. The van der Waals surface area contributed by atoms with Crippen LogP contribution in [-0.4, -0.2) is 65.9 Å². The van der Waals surface area contributed by atoms with E-state index in [9.17, 15) is 4.79 Å². The lowest BCUT2D eigenvalue weighted by molar-refractivity contribution is -0.122. The zero-order valence-electron chi connectivity index (χ0n) is 14.3. The van der Waals surface area contributed by atoms with E-state index in [1.54, 1.807) is 4.68 Å². The lowest BCUT2D eigenvalue weighted by Crippen LogP contribution is -2.44. The van der Waals surface area contributed by atoms with Crippen molar-refractivity contribution in [2.45, 2.75) is 44.3 Å².